The predicted octanol–water partition coefficient (Wildman–Crippen LogP) is 3.08. The van der Waals surface area contributed by atoms with Gasteiger partial charge in [0.15, 0.2) is 0 Å². The lowest BCUT2D eigenvalue weighted by molar-refractivity contribution is 0.00652. The first-order chi connectivity index (χ1) is 17.6. The third kappa shape index (κ3) is 6.71. The molecule has 1 aliphatic rings. The minimum absolute atomic E-state index is 0.136. The summed E-state index contributed by atoms with van der Waals surface area (Å²) in [4.78, 5) is 15.3. The number of fused-ring (bicyclic) bond motifs is 1. The molecule has 0 unspecified atom stereocenters. The second kappa shape index (κ2) is 10.3. The van der Waals surface area contributed by atoms with E-state index in [1.807, 2.05) is 32.2 Å². The van der Waals surface area contributed by atoms with E-state index >= 15 is 0 Å². The van der Waals surface area contributed by atoms with Crippen molar-refractivity contribution in [2.75, 3.05) is 23.3 Å². The van der Waals surface area contributed by atoms with Gasteiger partial charge in [-0.1, -0.05) is 6.07 Å². The van der Waals surface area contributed by atoms with Crippen LogP contribution in [-0.2, 0) is 16.6 Å². The Morgan fingerprint density at radius 1 is 1.13 bits per heavy atom. The van der Waals surface area contributed by atoms with Crippen molar-refractivity contribution in [3.8, 4) is 0 Å². The van der Waals surface area contributed by atoms with Gasteiger partial charge in [-0.3, -0.25) is 9.48 Å². The number of carbonyl (C=O) groups is 1. The van der Waals surface area contributed by atoms with Crippen molar-refractivity contribution in [3.05, 3.63) is 48.2 Å². The summed E-state index contributed by atoms with van der Waals surface area (Å²) in [5, 5.41) is 34.3. The fraction of sp³-hybridized carbons (Fsp3) is 0.481. The number of nitrogens with zero attached hydrogens (tertiary/aromatic N) is 3. The normalized spacial score (nSPS) is 15.7. The number of rotatable bonds is 8. The lowest BCUT2D eigenvalue weighted by Crippen LogP contribution is -2.42. The summed E-state index contributed by atoms with van der Waals surface area (Å²) in [5.74, 6) is -0.292. The summed E-state index contributed by atoms with van der Waals surface area (Å²) in [6.45, 7) is 9.11. The van der Waals surface area contributed by atoms with E-state index < -0.39 is 27.1 Å². The number of hydrogen-bond acceptors (Lipinski definition) is 7. The molecule has 38 heavy (non-hydrogen) atoms. The van der Waals surface area contributed by atoms with Crippen LogP contribution in [0.3, 0.4) is 0 Å². The number of benzene rings is 2. The van der Waals surface area contributed by atoms with E-state index in [2.05, 4.69) is 15.3 Å². The number of primary sulfonamides is 1. The summed E-state index contributed by atoms with van der Waals surface area (Å²) >= 11 is 0. The molecule has 2 aromatic carbocycles. The van der Waals surface area contributed by atoms with E-state index in [1.165, 1.54) is 24.3 Å². The van der Waals surface area contributed by atoms with Crippen LogP contribution in [0.15, 0.2) is 47.5 Å². The Morgan fingerprint density at radius 3 is 2.42 bits per heavy atom. The number of hydrogen-bond donors (Lipinski definition) is 4. The fourth-order valence-electron chi connectivity index (χ4n) is 4.81. The first-order valence-electron chi connectivity index (χ1n) is 12.8. The van der Waals surface area contributed by atoms with Gasteiger partial charge < -0.3 is 20.4 Å². The second-order valence-electron chi connectivity index (χ2n) is 11.3. The zero-order valence-corrected chi connectivity index (χ0v) is 23.1. The van der Waals surface area contributed by atoms with Gasteiger partial charge in [0.25, 0.3) is 5.91 Å². The third-order valence-electron chi connectivity index (χ3n) is 7.13. The van der Waals surface area contributed by atoms with Gasteiger partial charge in [-0.2, -0.15) is 5.10 Å². The molecule has 3 aromatic rings. The maximum Gasteiger partial charge on any atom is 0.255 e. The van der Waals surface area contributed by atoms with Crippen molar-refractivity contribution in [1.29, 1.82) is 0 Å². The molecule has 1 aromatic heterocycles. The van der Waals surface area contributed by atoms with Crippen LogP contribution in [0.5, 0.6) is 0 Å². The minimum atomic E-state index is -3.95. The van der Waals surface area contributed by atoms with Crippen molar-refractivity contribution in [3.63, 3.8) is 0 Å². The molecule has 11 heteroatoms. The molecule has 0 radical (unpaired) electrons. The van der Waals surface area contributed by atoms with E-state index in [9.17, 15) is 23.4 Å². The highest BCUT2D eigenvalue weighted by molar-refractivity contribution is 7.89. The molecule has 1 aliphatic heterocycles. The van der Waals surface area contributed by atoms with E-state index in [1.54, 1.807) is 18.5 Å². The average molecular weight is 544 g/mol. The number of aliphatic hydroxyl groups is 2. The SMILES string of the molecule is CC(C)(O)CCn1cc2cc(NC(=O)c3cccc(S(N)(=O)=O)c3)c(N3CCC(C(C)(C)O)CC3)cc2n1. The van der Waals surface area contributed by atoms with Gasteiger partial charge >= 0.3 is 0 Å². The van der Waals surface area contributed by atoms with Crippen LogP contribution in [0.1, 0.15) is 57.3 Å². The second-order valence-corrected chi connectivity index (χ2v) is 12.9. The van der Waals surface area contributed by atoms with Crippen LogP contribution in [0.2, 0.25) is 0 Å². The van der Waals surface area contributed by atoms with Crippen LogP contribution >= 0.6 is 0 Å². The summed E-state index contributed by atoms with van der Waals surface area (Å²) in [6, 6.07) is 9.42. The van der Waals surface area contributed by atoms with Crippen molar-refractivity contribution < 1.29 is 23.4 Å². The number of anilines is 2. The van der Waals surface area contributed by atoms with E-state index in [0.29, 0.717) is 31.7 Å². The molecule has 10 nitrogen and oxygen atoms in total. The number of aromatic nitrogens is 2. The molecule has 4 rings (SSSR count). The molecule has 1 fully saturated rings. The van der Waals surface area contributed by atoms with Gasteiger partial charge in [-0.25, -0.2) is 13.6 Å². The molecule has 0 bridgehead atoms. The number of piperidine rings is 1. The highest BCUT2D eigenvalue weighted by Gasteiger charge is 2.31. The molecule has 5 N–H and O–H groups in total. The Labute approximate surface area is 223 Å². The van der Waals surface area contributed by atoms with Crippen LogP contribution in [0.25, 0.3) is 10.9 Å². The average Bonchev–Trinajstić information content (AvgIpc) is 3.23. The Morgan fingerprint density at radius 2 is 1.82 bits per heavy atom. The largest absolute Gasteiger partial charge is 0.390 e. The van der Waals surface area contributed by atoms with Crippen molar-refractivity contribution in [2.24, 2.45) is 11.1 Å². The van der Waals surface area contributed by atoms with Gasteiger partial charge in [-0.15, -0.1) is 0 Å². The maximum atomic E-state index is 13.2. The highest BCUT2D eigenvalue weighted by Crippen LogP contribution is 2.36. The van der Waals surface area contributed by atoms with E-state index in [4.69, 9.17) is 5.14 Å². The Balaban J connectivity index is 1.68. The molecule has 0 saturated carbocycles. The number of nitrogens with one attached hydrogen (secondary N) is 1. The number of carbonyl (C=O) groups excluding carboxylic acids is 1. The lowest BCUT2D eigenvalue weighted by atomic mass is 9.83. The molecule has 206 valence electrons. The standard InChI is InChI=1S/C27H37N5O5S/c1-26(2,34)10-13-32-17-19-15-23(29-25(33)18-6-5-7-21(14-18)38(28,36)37)24(16-22(19)30-32)31-11-8-20(9-12-31)27(3,4)35/h5-7,14-17,20,34-35H,8-13H2,1-4H3,(H,29,33)(H2,28,36,37). The topological polar surface area (TPSA) is 151 Å². The van der Waals surface area contributed by atoms with Gasteiger partial charge in [0, 0.05) is 36.8 Å². The zero-order valence-electron chi connectivity index (χ0n) is 22.3. The lowest BCUT2D eigenvalue weighted by Gasteiger charge is -2.39. The van der Waals surface area contributed by atoms with Crippen LogP contribution < -0.4 is 15.4 Å². The molecule has 0 atom stereocenters. The molecule has 1 amide bonds. The number of nitrogens with two attached hydrogens (primary N) is 1. The summed E-state index contributed by atoms with van der Waals surface area (Å²) in [7, 11) is -3.95. The Kier molecular flexibility index (Phi) is 7.59. The van der Waals surface area contributed by atoms with Gasteiger partial charge in [0.2, 0.25) is 10.0 Å². The van der Waals surface area contributed by atoms with Gasteiger partial charge in [0.1, 0.15) is 0 Å². The molecule has 1 saturated heterocycles. The smallest absolute Gasteiger partial charge is 0.255 e. The predicted molar refractivity (Wildman–Crippen MR) is 148 cm³/mol. The van der Waals surface area contributed by atoms with E-state index in [-0.39, 0.29) is 16.4 Å². The van der Waals surface area contributed by atoms with E-state index in [0.717, 1.165) is 29.4 Å². The molecule has 0 aliphatic carbocycles. The van der Waals surface area contributed by atoms with Crippen LogP contribution in [-0.4, -0.2) is 58.6 Å². The summed E-state index contributed by atoms with van der Waals surface area (Å²) in [6.07, 6.45) is 4.00. The number of amides is 1. The highest BCUT2D eigenvalue weighted by atomic mass is 32.2. The zero-order chi connectivity index (χ0) is 27.9. The number of sulfonamides is 1. The van der Waals surface area contributed by atoms with Gasteiger partial charge in [-0.05, 0) is 83.2 Å². The van der Waals surface area contributed by atoms with Crippen molar-refractivity contribution in [1.82, 2.24) is 9.78 Å². The summed E-state index contributed by atoms with van der Waals surface area (Å²) < 4.78 is 25.4. The molecule has 2 heterocycles. The first-order valence-corrected chi connectivity index (χ1v) is 14.3. The Bertz CT molecular complexity index is 1430. The Hall–Kier alpha value is -2.99. The summed E-state index contributed by atoms with van der Waals surface area (Å²) in [5.41, 5.74) is 0.723. The third-order valence-corrected chi connectivity index (χ3v) is 8.04. The van der Waals surface area contributed by atoms with Crippen molar-refractivity contribution in [2.45, 2.75) is 69.6 Å². The fourth-order valence-corrected chi connectivity index (χ4v) is 5.37. The molecular weight excluding hydrogens is 506 g/mol. The first kappa shape index (κ1) is 28.0. The monoisotopic (exact) mass is 543 g/mol. The quantitative estimate of drug-likeness (QED) is 0.341. The van der Waals surface area contributed by atoms with Crippen LogP contribution in [0.4, 0.5) is 11.4 Å². The van der Waals surface area contributed by atoms with Gasteiger partial charge in [0.05, 0.1) is 33.0 Å². The molecule has 0 spiro atoms. The maximum absolute atomic E-state index is 13.2. The minimum Gasteiger partial charge on any atom is -0.390 e. The molecular formula is C27H37N5O5S. The van der Waals surface area contributed by atoms with Crippen molar-refractivity contribution >= 4 is 38.2 Å². The van der Waals surface area contributed by atoms with Crippen LogP contribution in [0, 0.1) is 5.92 Å². The number of aryl methyl sites for hydroxylation is 1.